The number of amides is 1. The standard InChI is InChI=1S/C16H25N3O3S/c1-5-6-7-10(2)12-8-9-13(15(20)19-16(17)18)11(3)14(12)23(4,21)22/h8-10H,5-7H2,1-4H3,(H4,17,18,19,20). The minimum atomic E-state index is -3.48. The van der Waals surface area contributed by atoms with Crippen LogP contribution in [-0.2, 0) is 9.84 Å². The number of guanidine groups is 1. The fraction of sp³-hybridized carbons (Fsp3) is 0.500. The van der Waals surface area contributed by atoms with Crippen molar-refractivity contribution < 1.29 is 13.2 Å². The Labute approximate surface area is 137 Å². The first-order valence-electron chi connectivity index (χ1n) is 7.57. The third kappa shape index (κ3) is 4.79. The summed E-state index contributed by atoms with van der Waals surface area (Å²) in [5, 5.41) is 0. The maximum absolute atomic E-state index is 12.3. The highest BCUT2D eigenvalue weighted by atomic mass is 32.2. The number of hydrogen-bond donors (Lipinski definition) is 2. The van der Waals surface area contributed by atoms with E-state index in [-0.39, 0.29) is 22.3 Å². The number of sulfone groups is 1. The summed E-state index contributed by atoms with van der Waals surface area (Å²) in [5.74, 6) is -0.901. The molecule has 0 spiro atoms. The van der Waals surface area contributed by atoms with Gasteiger partial charge in [0.2, 0.25) is 0 Å². The molecule has 0 aliphatic rings. The lowest BCUT2D eigenvalue weighted by Gasteiger charge is -2.19. The van der Waals surface area contributed by atoms with Crippen LogP contribution in [0.2, 0.25) is 0 Å². The first-order chi connectivity index (χ1) is 10.6. The van der Waals surface area contributed by atoms with Crippen molar-refractivity contribution in [3.05, 3.63) is 28.8 Å². The van der Waals surface area contributed by atoms with Gasteiger partial charge in [-0.25, -0.2) is 8.42 Å². The predicted molar refractivity (Wildman–Crippen MR) is 92.4 cm³/mol. The van der Waals surface area contributed by atoms with Crippen molar-refractivity contribution in [2.24, 2.45) is 16.5 Å². The molecule has 0 aromatic heterocycles. The monoisotopic (exact) mass is 339 g/mol. The van der Waals surface area contributed by atoms with Crippen LogP contribution in [0.3, 0.4) is 0 Å². The van der Waals surface area contributed by atoms with E-state index in [0.29, 0.717) is 5.56 Å². The zero-order valence-electron chi connectivity index (χ0n) is 14.1. The second kappa shape index (κ2) is 7.59. The molecule has 1 amide bonds. The van der Waals surface area contributed by atoms with Crippen LogP contribution in [0.4, 0.5) is 0 Å². The van der Waals surface area contributed by atoms with E-state index in [1.54, 1.807) is 19.1 Å². The van der Waals surface area contributed by atoms with E-state index in [4.69, 9.17) is 11.5 Å². The average Bonchev–Trinajstić information content (AvgIpc) is 2.41. The van der Waals surface area contributed by atoms with Crippen molar-refractivity contribution in [3.8, 4) is 0 Å². The Kier molecular flexibility index (Phi) is 6.32. The minimum absolute atomic E-state index is 0.0885. The van der Waals surface area contributed by atoms with Crippen LogP contribution in [-0.4, -0.2) is 26.5 Å². The molecule has 1 atom stereocenters. The molecule has 0 saturated carbocycles. The Morgan fingerprint density at radius 2 is 1.91 bits per heavy atom. The van der Waals surface area contributed by atoms with E-state index in [1.165, 1.54) is 0 Å². The van der Waals surface area contributed by atoms with Gasteiger partial charge >= 0.3 is 0 Å². The highest BCUT2D eigenvalue weighted by Crippen LogP contribution is 2.32. The summed E-state index contributed by atoms with van der Waals surface area (Å²) in [6.45, 7) is 5.70. The van der Waals surface area contributed by atoms with Crippen molar-refractivity contribution in [1.82, 2.24) is 0 Å². The average molecular weight is 339 g/mol. The minimum Gasteiger partial charge on any atom is -0.370 e. The third-order valence-electron chi connectivity index (χ3n) is 3.79. The van der Waals surface area contributed by atoms with E-state index >= 15 is 0 Å². The smallest absolute Gasteiger partial charge is 0.280 e. The highest BCUT2D eigenvalue weighted by molar-refractivity contribution is 7.90. The van der Waals surface area contributed by atoms with Gasteiger partial charge in [-0.3, -0.25) is 4.79 Å². The van der Waals surface area contributed by atoms with E-state index in [9.17, 15) is 13.2 Å². The van der Waals surface area contributed by atoms with E-state index < -0.39 is 15.7 Å². The molecule has 0 aliphatic heterocycles. The molecule has 1 rings (SSSR count). The summed E-state index contributed by atoms with van der Waals surface area (Å²) in [5.41, 5.74) is 11.8. The van der Waals surface area contributed by atoms with Crippen molar-refractivity contribution in [3.63, 3.8) is 0 Å². The van der Waals surface area contributed by atoms with Crippen molar-refractivity contribution >= 4 is 21.7 Å². The van der Waals surface area contributed by atoms with Crippen LogP contribution in [0.5, 0.6) is 0 Å². The van der Waals surface area contributed by atoms with E-state index in [1.807, 2.05) is 6.92 Å². The van der Waals surface area contributed by atoms with Gasteiger partial charge in [0.25, 0.3) is 5.91 Å². The Morgan fingerprint density at radius 3 is 2.39 bits per heavy atom. The van der Waals surface area contributed by atoms with Gasteiger partial charge in [-0.15, -0.1) is 0 Å². The molecular formula is C16H25N3O3S. The number of unbranched alkanes of at least 4 members (excludes halogenated alkanes) is 1. The Hall–Kier alpha value is -1.89. The van der Waals surface area contributed by atoms with Gasteiger partial charge in [0.05, 0.1) is 4.90 Å². The van der Waals surface area contributed by atoms with Gasteiger partial charge in [-0.05, 0) is 36.5 Å². The zero-order valence-corrected chi connectivity index (χ0v) is 14.9. The molecule has 7 heteroatoms. The van der Waals surface area contributed by atoms with Crippen molar-refractivity contribution in [1.29, 1.82) is 0 Å². The second-order valence-electron chi connectivity index (χ2n) is 5.81. The second-order valence-corrected chi connectivity index (χ2v) is 7.77. The van der Waals surface area contributed by atoms with Crippen LogP contribution < -0.4 is 11.5 Å². The fourth-order valence-corrected chi connectivity index (χ4v) is 4.03. The number of aliphatic imine (C=N–C) groups is 1. The molecule has 0 bridgehead atoms. The van der Waals surface area contributed by atoms with Gasteiger partial charge in [-0.2, -0.15) is 4.99 Å². The van der Waals surface area contributed by atoms with Crippen LogP contribution in [0, 0.1) is 6.92 Å². The topological polar surface area (TPSA) is 116 Å². The Morgan fingerprint density at radius 1 is 1.30 bits per heavy atom. The van der Waals surface area contributed by atoms with Crippen LogP contribution >= 0.6 is 0 Å². The lowest BCUT2D eigenvalue weighted by molar-refractivity contribution is 0.100. The van der Waals surface area contributed by atoms with E-state index in [0.717, 1.165) is 31.1 Å². The zero-order chi connectivity index (χ0) is 17.8. The molecule has 1 unspecified atom stereocenters. The quantitative estimate of drug-likeness (QED) is 0.608. The highest BCUT2D eigenvalue weighted by Gasteiger charge is 2.24. The molecule has 0 radical (unpaired) electrons. The maximum atomic E-state index is 12.3. The summed E-state index contributed by atoms with van der Waals surface area (Å²) in [4.78, 5) is 15.8. The number of carbonyl (C=O) groups excluding carboxylic acids is 1. The summed E-state index contributed by atoms with van der Waals surface area (Å²) in [6, 6.07) is 3.29. The molecule has 6 nitrogen and oxygen atoms in total. The Balaban J connectivity index is 3.50. The third-order valence-corrected chi connectivity index (χ3v) is 5.07. The first-order valence-corrected chi connectivity index (χ1v) is 9.46. The molecule has 0 saturated heterocycles. The van der Waals surface area contributed by atoms with Crippen molar-refractivity contribution in [2.45, 2.75) is 50.8 Å². The molecule has 0 fully saturated rings. The lowest BCUT2D eigenvalue weighted by Crippen LogP contribution is -2.24. The number of nitrogens with zero attached hydrogens (tertiary/aromatic N) is 1. The molecule has 1 aromatic rings. The molecule has 4 N–H and O–H groups in total. The SMILES string of the molecule is CCCCC(C)c1ccc(C(=O)N=C(N)N)c(C)c1S(C)(=O)=O. The van der Waals surface area contributed by atoms with Gasteiger partial charge in [0.15, 0.2) is 15.8 Å². The normalized spacial score (nSPS) is 12.7. The number of nitrogens with two attached hydrogens (primary N) is 2. The van der Waals surface area contributed by atoms with Gasteiger partial charge in [0, 0.05) is 11.8 Å². The summed E-state index contributed by atoms with van der Waals surface area (Å²) in [6.07, 6.45) is 4.09. The lowest BCUT2D eigenvalue weighted by atomic mass is 9.92. The van der Waals surface area contributed by atoms with Gasteiger partial charge in [-0.1, -0.05) is 32.8 Å². The van der Waals surface area contributed by atoms with Gasteiger partial charge in [0.1, 0.15) is 0 Å². The Bertz CT molecular complexity index is 720. The molecule has 128 valence electrons. The summed E-state index contributed by atoms with van der Waals surface area (Å²) >= 11 is 0. The van der Waals surface area contributed by atoms with Crippen LogP contribution in [0.1, 0.15) is 60.5 Å². The number of benzene rings is 1. The summed E-state index contributed by atoms with van der Waals surface area (Å²) < 4.78 is 24.5. The van der Waals surface area contributed by atoms with E-state index in [2.05, 4.69) is 11.9 Å². The summed E-state index contributed by atoms with van der Waals surface area (Å²) in [7, 11) is -3.48. The number of carbonyl (C=O) groups is 1. The van der Waals surface area contributed by atoms with Crippen LogP contribution in [0.25, 0.3) is 0 Å². The van der Waals surface area contributed by atoms with Crippen molar-refractivity contribution in [2.75, 3.05) is 6.26 Å². The van der Waals surface area contributed by atoms with Gasteiger partial charge < -0.3 is 11.5 Å². The number of hydrogen-bond acceptors (Lipinski definition) is 3. The molecule has 1 aromatic carbocycles. The van der Waals surface area contributed by atoms with Crippen LogP contribution in [0.15, 0.2) is 22.0 Å². The first kappa shape index (κ1) is 19.2. The maximum Gasteiger partial charge on any atom is 0.280 e. The predicted octanol–water partition coefficient (Wildman–Crippen LogP) is 2.11. The largest absolute Gasteiger partial charge is 0.370 e. The molecular weight excluding hydrogens is 314 g/mol. The molecule has 0 heterocycles. The fourth-order valence-electron chi connectivity index (χ4n) is 2.67. The molecule has 0 aliphatic carbocycles. The molecule has 23 heavy (non-hydrogen) atoms. The number of rotatable bonds is 6.